The molecule has 1 aromatic heterocycles. The average Bonchev–Trinajstić information content (AvgIpc) is 2.95. The molecule has 2 rings (SSSR count). The number of nitrogen functional groups attached to an aromatic ring is 1. The quantitative estimate of drug-likeness (QED) is 0.784. The Hall–Kier alpha value is -2.15. The van der Waals surface area contributed by atoms with E-state index in [1.165, 1.54) is 0 Å². The summed E-state index contributed by atoms with van der Waals surface area (Å²) in [6.45, 7) is 2.66. The van der Waals surface area contributed by atoms with Crippen molar-refractivity contribution in [3.05, 3.63) is 18.2 Å². The molecule has 1 heterocycles. The molecule has 21 heavy (non-hydrogen) atoms. The second-order valence-electron chi connectivity index (χ2n) is 4.77. The minimum absolute atomic E-state index is 0.0642. The normalized spacial score (nSPS) is 12.3. The number of rotatable bonds is 7. The van der Waals surface area contributed by atoms with Crippen LogP contribution in [0.2, 0.25) is 0 Å². The molecule has 0 saturated heterocycles. The van der Waals surface area contributed by atoms with E-state index in [2.05, 4.69) is 22.4 Å². The van der Waals surface area contributed by atoms with Crippen LogP contribution in [-0.2, 0) is 4.74 Å². The van der Waals surface area contributed by atoms with Gasteiger partial charge in [0.05, 0.1) is 25.3 Å². The number of methoxy groups -OCH3 is 2. The first-order chi connectivity index (χ1) is 10.2. The maximum absolute atomic E-state index is 6.08. The van der Waals surface area contributed by atoms with Gasteiger partial charge in [-0.25, -0.2) is 4.68 Å². The second-order valence-corrected chi connectivity index (χ2v) is 4.77. The molecule has 0 fully saturated rings. The van der Waals surface area contributed by atoms with E-state index in [1.807, 2.05) is 18.2 Å². The molecule has 1 unspecified atom stereocenters. The maximum atomic E-state index is 6.08. The van der Waals surface area contributed by atoms with Crippen molar-refractivity contribution in [2.75, 3.05) is 26.6 Å². The SMILES string of the molecule is CCCC(COC)n1nnnc1-c1c(N)cccc1OC. The number of hydrogen-bond donors (Lipinski definition) is 1. The molecule has 2 N–H and O–H groups in total. The van der Waals surface area contributed by atoms with Crippen molar-refractivity contribution in [3.63, 3.8) is 0 Å². The van der Waals surface area contributed by atoms with Crippen molar-refractivity contribution < 1.29 is 9.47 Å². The number of nitrogens with two attached hydrogens (primary N) is 1. The lowest BCUT2D eigenvalue weighted by Gasteiger charge is -2.18. The van der Waals surface area contributed by atoms with Crippen LogP contribution in [0.15, 0.2) is 18.2 Å². The Labute approximate surface area is 124 Å². The molecule has 7 heteroatoms. The third kappa shape index (κ3) is 3.13. The molecule has 0 spiro atoms. The van der Waals surface area contributed by atoms with E-state index in [-0.39, 0.29) is 6.04 Å². The van der Waals surface area contributed by atoms with Crippen LogP contribution in [0.25, 0.3) is 11.4 Å². The number of nitrogens with zero attached hydrogens (tertiary/aromatic N) is 4. The summed E-state index contributed by atoms with van der Waals surface area (Å²) in [6.07, 6.45) is 1.93. The molecule has 2 aromatic rings. The van der Waals surface area contributed by atoms with Crippen molar-refractivity contribution in [1.29, 1.82) is 0 Å². The van der Waals surface area contributed by atoms with Crippen LogP contribution in [-0.4, -0.2) is 41.0 Å². The lowest BCUT2D eigenvalue weighted by molar-refractivity contribution is 0.144. The van der Waals surface area contributed by atoms with E-state index >= 15 is 0 Å². The van der Waals surface area contributed by atoms with Crippen molar-refractivity contribution in [2.45, 2.75) is 25.8 Å². The Kier molecular flexibility index (Phi) is 5.10. The van der Waals surface area contributed by atoms with Gasteiger partial charge in [-0.15, -0.1) is 5.10 Å². The fourth-order valence-electron chi connectivity index (χ4n) is 2.36. The van der Waals surface area contributed by atoms with Gasteiger partial charge in [0.1, 0.15) is 5.75 Å². The van der Waals surface area contributed by atoms with Gasteiger partial charge in [0.25, 0.3) is 0 Å². The molecule has 1 atom stereocenters. The number of ether oxygens (including phenoxy) is 2. The topological polar surface area (TPSA) is 88.1 Å². The van der Waals surface area contributed by atoms with Crippen LogP contribution in [0.1, 0.15) is 25.8 Å². The number of anilines is 1. The third-order valence-electron chi connectivity index (χ3n) is 3.32. The smallest absolute Gasteiger partial charge is 0.188 e. The van der Waals surface area contributed by atoms with Gasteiger partial charge in [0.2, 0.25) is 0 Å². The van der Waals surface area contributed by atoms with Gasteiger partial charge in [0, 0.05) is 12.8 Å². The molecular weight excluding hydrogens is 270 g/mol. The number of benzene rings is 1. The fraction of sp³-hybridized carbons (Fsp3) is 0.500. The highest BCUT2D eigenvalue weighted by Gasteiger charge is 2.22. The van der Waals surface area contributed by atoms with Crippen molar-refractivity contribution >= 4 is 5.69 Å². The largest absolute Gasteiger partial charge is 0.496 e. The van der Waals surface area contributed by atoms with Gasteiger partial charge in [-0.05, 0) is 29.0 Å². The third-order valence-corrected chi connectivity index (χ3v) is 3.32. The second kappa shape index (κ2) is 7.03. The van der Waals surface area contributed by atoms with Crippen LogP contribution < -0.4 is 10.5 Å². The minimum atomic E-state index is 0.0642. The zero-order chi connectivity index (χ0) is 15.2. The van der Waals surface area contributed by atoms with Gasteiger partial charge >= 0.3 is 0 Å². The van der Waals surface area contributed by atoms with Gasteiger partial charge in [-0.1, -0.05) is 19.4 Å². The van der Waals surface area contributed by atoms with E-state index in [0.717, 1.165) is 12.8 Å². The van der Waals surface area contributed by atoms with Crippen molar-refractivity contribution in [2.24, 2.45) is 0 Å². The highest BCUT2D eigenvalue weighted by molar-refractivity contribution is 5.77. The van der Waals surface area contributed by atoms with Gasteiger partial charge in [-0.2, -0.15) is 0 Å². The van der Waals surface area contributed by atoms with Gasteiger partial charge in [-0.3, -0.25) is 0 Å². The summed E-state index contributed by atoms with van der Waals surface area (Å²) >= 11 is 0. The van der Waals surface area contributed by atoms with Gasteiger partial charge in [0.15, 0.2) is 5.82 Å². The van der Waals surface area contributed by atoms with E-state index in [1.54, 1.807) is 18.9 Å². The Morgan fingerprint density at radius 2 is 2.14 bits per heavy atom. The van der Waals surface area contributed by atoms with Crippen LogP contribution in [0.3, 0.4) is 0 Å². The molecule has 7 nitrogen and oxygen atoms in total. The summed E-state index contributed by atoms with van der Waals surface area (Å²) in [7, 11) is 3.27. The fourth-order valence-corrected chi connectivity index (χ4v) is 2.36. The number of aromatic nitrogens is 4. The first-order valence-electron chi connectivity index (χ1n) is 6.92. The highest BCUT2D eigenvalue weighted by atomic mass is 16.5. The highest BCUT2D eigenvalue weighted by Crippen LogP contribution is 2.34. The Balaban J connectivity index is 2.49. The van der Waals surface area contributed by atoms with Gasteiger partial charge < -0.3 is 15.2 Å². The zero-order valence-electron chi connectivity index (χ0n) is 12.6. The van der Waals surface area contributed by atoms with Crippen LogP contribution in [0, 0.1) is 0 Å². The number of tetrazole rings is 1. The lowest BCUT2D eigenvalue weighted by atomic mass is 10.1. The van der Waals surface area contributed by atoms with E-state index in [9.17, 15) is 0 Å². The van der Waals surface area contributed by atoms with E-state index < -0.39 is 0 Å². The first kappa shape index (κ1) is 15.2. The summed E-state index contributed by atoms with van der Waals surface area (Å²) in [5, 5.41) is 12.0. The maximum Gasteiger partial charge on any atom is 0.188 e. The molecule has 0 saturated carbocycles. The zero-order valence-corrected chi connectivity index (χ0v) is 12.6. The Bertz CT molecular complexity index is 578. The predicted octanol–water partition coefficient (Wildman–Crippen LogP) is 1.92. The molecule has 1 aromatic carbocycles. The predicted molar refractivity (Wildman–Crippen MR) is 80.0 cm³/mol. The van der Waals surface area contributed by atoms with E-state index in [4.69, 9.17) is 15.2 Å². The molecule has 0 amide bonds. The molecule has 0 aliphatic carbocycles. The standard InChI is InChI=1S/C14H21N5O2/c1-4-6-10(9-20-2)19-14(16-17-18-19)13-11(15)7-5-8-12(13)21-3/h5,7-8,10H,4,6,9,15H2,1-3H3. The molecular formula is C14H21N5O2. The van der Waals surface area contributed by atoms with Crippen LogP contribution in [0.5, 0.6) is 5.75 Å². The summed E-state index contributed by atoms with van der Waals surface area (Å²) in [5.41, 5.74) is 7.38. The molecule has 0 bridgehead atoms. The molecule has 114 valence electrons. The van der Waals surface area contributed by atoms with E-state index in [0.29, 0.717) is 29.4 Å². The first-order valence-corrected chi connectivity index (χ1v) is 6.92. The molecule has 0 aliphatic heterocycles. The Morgan fingerprint density at radius 3 is 2.81 bits per heavy atom. The number of hydrogen-bond acceptors (Lipinski definition) is 6. The van der Waals surface area contributed by atoms with Crippen molar-refractivity contribution in [1.82, 2.24) is 20.2 Å². The van der Waals surface area contributed by atoms with Crippen LogP contribution in [0.4, 0.5) is 5.69 Å². The van der Waals surface area contributed by atoms with Crippen LogP contribution >= 0.6 is 0 Å². The summed E-state index contributed by atoms with van der Waals surface area (Å²) in [5.74, 6) is 1.25. The molecule has 0 radical (unpaired) electrons. The lowest BCUT2D eigenvalue weighted by Crippen LogP contribution is -2.17. The monoisotopic (exact) mass is 291 g/mol. The minimum Gasteiger partial charge on any atom is -0.496 e. The van der Waals surface area contributed by atoms with Crippen molar-refractivity contribution in [3.8, 4) is 17.1 Å². The summed E-state index contributed by atoms with van der Waals surface area (Å²) < 4.78 is 12.4. The summed E-state index contributed by atoms with van der Waals surface area (Å²) in [4.78, 5) is 0. The molecule has 0 aliphatic rings. The average molecular weight is 291 g/mol. The summed E-state index contributed by atoms with van der Waals surface area (Å²) in [6, 6.07) is 5.55. The Morgan fingerprint density at radius 1 is 1.33 bits per heavy atom.